The molecule has 0 bridgehead atoms. The SMILES string of the molecule is C[C@@H](O)C(O)C1(CO)CCCCC1. The molecule has 1 rings (SSSR count). The topological polar surface area (TPSA) is 60.7 Å². The normalized spacial score (nSPS) is 26.8. The molecule has 0 aromatic heterocycles. The maximum Gasteiger partial charge on any atom is 0.0874 e. The molecule has 3 N–H and O–H groups in total. The van der Waals surface area contributed by atoms with E-state index < -0.39 is 17.6 Å². The summed E-state index contributed by atoms with van der Waals surface area (Å²) < 4.78 is 0. The highest BCUT2D eigenvalue weighted by atomic mass is 16.3. The molecule has 1 fully saturated rings. The summed E-state index contributed by atoms with van der Waals surface area (Å²) in [6.07, 6.45) is 3.40. The van der Waals surface area contributed by atoms with Gasteiger partial charge in [-0.15, -0.1) is 0 Å². The smallest absolute Gasteiger partial charge is 0.0874 e. The van der Waals surface area contributed by atoms with Crippen LogP contribution in [0.3, 0.4) is 0 Å². The fourth-order valence-corrected chi connectivity index (χ4v) is 2.31. The molecule has 0 saturated heterocycles. The first-order valence-electron chi connectivity index (χ1n) is 5.09. The van der Waals surface area contributed by atoms with Crippen molar-refractivity contribution in [3.05, 3.63) is 0 Å². The Morgan fingerprint density at radius 1 is 1.15 bits per heavy atom. The predicted molar refractivity (Wildman–Crippen MR) is 50.3 cm³/mol. The highest BCUT2D eigenvalue weighted by Crippen LogP contribution is 2.39. The lowest BCUT2D eigenvalue weighted by molar-refractivity contribution is -0.0969. The van der Waals surface area contributed by atoms with E-state index in [1.54, 1.807) is 6.92 Å². The Morgan fingerprint density at radius 3 is 2.08 bits per heavy atom. The Labute approximate surface area is 79.4 Å². The zero-order valence-electron chi connectivity index (χ0n) is 8.24. The van der Waals surface area contributed by atoms with Gasteiger partial charge < -0.3 is 15.3 Å². The fourth-order valence-electron chi connectivity index (χ4n) is 2.31. The molecule has 0 aliphatic heterocycles. The molecule has 1 aliphatic carbocycles. The molecule has 0 aromatic carbocycles. The second-order valence-corrected chi connectivity index (χ2v) is 4.27. The quantitative estimate of drug-likeness (QED) is 0.610. The van der Waals surface area contributed by atoms with E-state index in [-0.39, 0.29) is 6.61 Å². The lowest BCUT2D eigenvalue weighted by Gasteiger charge is -2.40. The lowest BCUT2D eigenvalue weighted by atomic mass is 9.69. The zero-order valence-corrected chi connectivity index (χ0v) is 8.24. The van der Waals surface area contributed by atoms with Gasteiger partial charge in [0, 0.05) is 5.41 Å². The van der Waals surface area contributed by atoms with Crippen LogP contribution >= 0.6 is 0 Å². The minimum atomic E-state index is -0.780. The first kappa shape index (κ1) is 11.0. The third-order valence-corrected chi connectivity index (χ3v) is 3.25. The first-order chi connectivity index (χ1) is 6.12. The van der Waals surface area contributed by atoms with Crippen molar-refractivity contribution in [2.45, 2.75) is 51.2 Å². The van der Waals surface area contributed by atoms with Crippen molar-refractivity contribution >= 4 is 0 Å². The van der Waals surface area contributed by atoms with Crippen LogP contribution in [0.15, 0.2) is 0 Å². The van der Waals surface area contributed by atoms with Crippen LogP contribution in [0.4, 0.5) is 0 Å². The van der Waals surface area contributed by atoms with Gasteiger partial charge in [-0.05, 0) is 19.8 Å². The highest BCUT2D eigenvalue weighted by Gasteiger charge is 2.40. The van der Waals surface area contributed by atoms with Crippen molar-refractivity contribution in [2.24, 2.45) is 5.41 Å². The average Bonchev–Trinajstić information content (AvgIpc) is 2.17. The summed E-state index contributed by atoms with van der Waals surface area (Å²) in [5.74, 6) is 0. The summed E-state index contributed by atoms with van der Waals surface area (Å²) in [6, 6.07) is 0. The molecule has 2 atom stereocenters. The van der Waals surface area contributed by atoms with Gasteiger partial charge in [-0.1, -0.05) is 19.3 Å². The Hall–Kier alpha value is -0.120. The van der Waals surface area contributed by atoms with E-state index in [9.17, 15) is 15.3 Å². The molecule has 3 nitrogen and oxygen atoms in total. The molecule has 78 valence electrons. The van der Waals surface area contributed by atoms with Gasteiger partial charge >= 0.3 is 0 Å². The molecule has 1 saturated carbocycles. The summed E-state index contributed by atoms with van der Waals surface area (Å²) in [6.45, 7) is 1.57. The van der Waals surface area contributed by atoms with E-state index in [1.807, 2.05) is 0 Å². The van der Waals surface area contributed by atoms with E-state index >= 15 is 0 Å². The van der Waals surface area contributed by atoms with Gasteiger partial charge in [0.05, 0.1) is 18.8 Å². The largest absolute Gasteiger partial charge is 0.396 e. The van der Waals surface area contributed by atoms with Crippen LogP contribution in [-0.2, 0) is 0 Å². The number of aliphatic hydroxyl groups excluding tert-OH is 3. The molecule has 13 heavy (non-hydrogen) atoms. The zero-order chi connectivity index (χ0) is 9.90. The van der Waals surface area contributed by atoms with Gasteiger partial charge in [0.1, 0.15) is 0 Å². The monoisotopic (exact) mass is 188 g/mol. The molecule has 0 amide bonds. The summed E-state index contributed by atoms with van der Waals surface area (Å²) in [5, 5.41) is 28.4. The number of rotatable bonds is 3. The van der Waals surface area contributed by atoms with Crippen molar-refractivity contribution in [2.75, 3.05) is 6.61 Å². The first-order valence-corrected chi connectivity index (χ1v) is 5.09. The van der Waals surface area contributed by atoms with Gasteiger partial charge in [0.2, 0.25) is 0 Å². The standard InChI is InChI=1S/C10H20O3/c1-8(12)9(13)10(7-11)5-3-2-4-6-10/h8-9,11-13H,2-7H2,1H3/t8-,9?/m1/s1. The maximum absolute atomic E-state index is 9.79. The van der Waals surface area contributed by atoms with Crippen LogP contribution in [0, 0.1) is 5.41 Å². The molecule has 1 unspecified atom stereocenters. The molecule has 1 aliphatic rings. The van der Waals surface area contributed by atoms with E-state index in [0.717, 1.165) is 25.7 Å². The van der Waals surface area contributed by atoms with Crippen LogP contribution in [0.2, 0.25) is 0 Å². The van der Waals surface area contributed by atoms with E-state index in [2.05, 4.69) is 0 Å². The fraction of sp³-hybridized carbons (Fsp3) is 1.00. The van der Waals surface area contributed by atoms with Crippen LogP contribution in [-0.4, -0.2) is 34.1 Å². The third kappa shape index (κ3) is 2.22. The van der Waals surface area contributed by atoms with Gasteiger partial charge in [-0.25, -0.2) is 0 Å². The molecule has 0 radical (unpaired) electrons. The molecule has 0 spiro atoms. The second kappa shape index (κ2) is 4.40. The Balaban J connectivity index is 2.66. The molecule has 3 heteroatoms. The van der Waals surface area contributed by atoms with Crippen molar-refractivity contribution in [3.63, 3.8) is 0 Å². The Bertz CT molecular complexity index is 150. The molecular weight excluding hydrogens is 168 g/mol. The second-order valence-electron chi connectivity index (χ2n) is 4.27. The van der Waals surface area contributed by atoms with Gasteiger partial charge in [-0.2, -0.15) is 0 Å². The van der Waals surface area contributed by atoms with Crippen molar-refractivity contribution in [1.29, 1.82) is 0 Å². The molecule has 0 aromatic rings. The van der Waals surface area contributed by atoms with Crippen molar-refractivity contribution in [3.8, 4) is 0 Å². The number of hydrogen-bond donors (Lipinski definition) is 3. The Kier molecular flexibility index (Phi) is 3.71. The van der Waals surface area contributed by atoms with E-state index in [4.69, 9.17) is 0 Å². The minimum absolute atomic E-state index is 0.0148. The summed E-state index contributed by atoms with van der Waals surface area (Å²) >= 11 is 0. The number of hydrogen-bond acceptors (Lipinski definition) is 3. The average molecular weight is 188 g/mol. The lowest BCUT2D eigenvalue weighted by Crippen LogP contribution is -2.46. The molecule has 0 heterocycles. The predicted octanol–water partition coefficient (Wildman–Crippen LogP) is 0.671. The van der Waals surface area contributed by atoms with Crippen LogP contribution in [0.25, 0.3) is 0 Å². The van der Waals surface area contributed by atoms with Gasteiger partial charge in [-0.3, -0.25) is 0 Å². The Morgan fingerprint density at radius 2 is 1.69 bits per heavy atom. The maximum atomic E-state index is 9.79. The van der Waals surface area contributed by atoms with Crippen molar-refractivity contribution in [1.82, 2.24) is 0 Å². The third-order valence-electron chi connectivity index (χ3n) is 3.25. The number of aliphatic hydroxyl groups is 3. The molecular formula is C10H20O3. The van der Waals surface area contributed by atoms with Crippen LogP contribution in [0.5, 0.6) is 0 Å². The van der Waals surface area contributed by atoms with Crippen LogP contribution < -0.4 is 0 Å². The highest BCUT2D eigenvalue weighted by molar-refractivity contribution is 4.90. The van der Waals surface area contributed by atoms with Crippen LogP contribution in [0.1, 0.15) is 39.0 Å². The summed E-state index contributed by atoms with van der Waals surface area (Å²) in [4.78, 5) is 0. The van der Waals surface area contributed by atoms with Gasteiger partial charge in [0.15, 0.2) is 0 Å². The van der Waals surface area contributed by atoms with Crippen molar-refractivity contribution < 1.29 is 15.3 Å². The van der Waals surface area contributed by atoms with E-state index in [0.29, 0.717) is 0 Å². The minimum Gasteiger partial charge on any atom is -0.396 e. The van der Waals surface area contributed by atoms with Gasteiger partial charge in [0.25, 0.3) is 0 Å². The summed E-state index contributed by atoms with van der Waals surface area (Å²) in [5.41, 5.74) is -0.438. The summed E-state index contributed by atoms with van der Waals surface area (Å²) in [7, 11) is 0. The van der Waals surface area contributed by atoms with E-state index in [1.165, 1.54) is 6.42 Å².